The molecule has 0 fully saturated rings. The zero-order chi connectivity index (χ0) is 19.0. The number of nitrogens with zero attached hydrogens (tertiary/aromatic N) is 1. The molecule has 0 bridgehead atoms. The molecule has 25 heavy (non-hydrogen) atoms. The molecule has 0 saturated carbocycles. The summed E-state index contributed by atoms with van der Waals surface area (Å²) in [7, 11) is 0. The molecule has 1 N–H and O–H groups in total. The summed E-state index contributed by atoms with van der Waals surface area (Å²) in [5.41, 5.74) is 3.96. The summed E-state index contributed by atoms with van der Waals surface area (Å²) in [6, 6.07) is 7.19. The highest BCUT2D eigenvalue weighted by molar-refractivity contribution is 6.09. The van der Waals surface area contributed by atoms with Crippen LogP contribution in [0.3, 0.4) is 0 Å². The number of amides is 2. The lowest BCUT2D eigenvalue weighted by Crippen LogP contribution is -2.54. The lowest BCUT2D eigenvalue weighted by Gasteiger charge is -2.28. The van der Waals surface area contributed by atoms with Gasteiger partial charge in [0.2, 0.25) is 0 Å². The van der Waals surface area contributed by atoms with E-state index in [9.17, 15) is 9.59 Å². The number of rotatable bonds is 5. The van der Waals surface area contributed by atoms with E-state index < -0.39 is 11.4 Å². The van der Waals surface area contributed by atoms with Crippen molar-refractivity contribution in [2.75, 3.05) is 0 Å². The smallest absolute Gasteiger partial charge is 0.267 e. The van der Waals surface area contributed by atoms with Crippen molar-refractivity contribution in [2.24, 2.45) is 5.92 Å². The van der Waals surface area contributed by atoms with Crippen LogP contribution in [0.5, 0.6) is 0 Å². The average molecular weight is 342 g/mol. The number of hydrogen-bond acceptors (Lipinski definition) is 3. The molecule has 1 rings (SSSR count). The third-order valence-corrected chi connectivity index (χ3v) is 3.40. The summed E-state index contributed by atoms with van der Waals surface area (Å²) in [6.07, 6.45) is 2.69. The summed E-state index contributed by atoms with van der Waals surface area (Å²) in [5, 5.41) is 1.03. The van der Waals surface area contributed by atoms with Crippen LogP contribution >= 0.6 is 0 Å². The van der Waals surface area contributed by atoms with E-state index in [4.69, 9.17) is 0 Å². The van der Waals surface area contributed by atoms with Crippen LogP contribution in [0.15, 0.2) is 24.3 Å². The molecule has 1 aromatic carbocycles. The fraction of sp³-hybridized carbons (Fsp3) is 0.524. The van der Waals surface area contributed by atoms with Crippen molar-refractivity contribution in [3.05, 3.63) is 35.4 Å². The Labute approximate surface area is 152 Å². The molecule has 0 aliphatic rings. The summed E-state index contributed by atoms with van der Waals surface area (Å²) >= 11 is 0. The van der Waals surface area contributed by atoms with Gasteiger partial charge in [-0.2, -0.15) is 5.01 Å². The second kappa shape index (κ2) is 9.39. The van der Waals surface area contributed by atoms with Gasteiger partial charge in [-0.25, -0.2) is 5.43 Å². The first-order valence-corrected chi connectivity index (χ1v) is 8.82. The summed E-state index contributed by atoms with van der Waals surface area (Å²) in [6.45, 7) is 11.9. The number of unbranched alkanes of at least 4 members (excludes halogenated alkanes) is 1. The van der Waals surface area contributed by atoms with Crippen molar-refractivity contribution in [1.29, 1.82) is 0 Å². The van der Waals surface area contributed by atoms with Gasteiger partial charge in [0.05, 0.1) is 0 Å². The highest BCUT2D eigenvalue weighted by Gasteiger charge is 2.26. The van der Waals surface area contributed by atoms with Crippen molar-refractivity contribution >= 4 is 11.8 Å². The first kappa shape index (κ1) is 20.9. The largest absolute Gasteiger partial charge is 0.319 e. The summed E-state index contributed by atoms with van der Waals surface area (Å²) in [4.78, 5) is 25.3. The first-order valence-electron chi connectivity index (χ1n) is 8.82. The number of carbonyl (C=O) groups is 2. The van der Waals surface area contributed by atoms with Crippen LogP contribution in [0.25, 0.3) is 0 Å². The van der Waals surface area contributed by atoms with Gasteiger partial charge in [0, 0.05) is 17.5 Å². The van der Waals surface area contributed by atoms with E-state index in [0.717, 1.165) is 23.4 Å². The molecule has 0 aromatic heterocycles. The van der Waals surface area contributed by atoms with Crippen LogP contribution in [0.1, 0.15) is 69.8 Å². The van der Waals surface area contributed by atoms with Gasteiger partial charge >= 0.3 is 5.91 Å². The molecule has 0 unspecified atom stereocenters. The second-order valence-electron chi connectivity index (χ2n) is 7.76. The maximum absolute atomic E-state index is 12.8. The van der Waals surface area contributed by atoms with E-state index in [0.29, 0.717) is 17.9 Å². The van der Waals surface area contributed by atoms with Gasteiger partial charge in [-0.3, -0.25) is 9.59 Å². The fourth-order valence-corrected chi connectivity index (χ4v) is 2.23. The molecule has 0 heterocycles. The number of aryl methyl sites for hydroxylation is 1. The number of benzene rings is 1. The SMILES string of the molecule is Cc1cccc(C(=O)N(NC(C)(C)C)C(=O)C#CCCCC(C)C)c1. The lowest BCUT2D eigenvalue weighted by atomic mass is 10.1. The standard InChI is InChI=1S/C21H30N2O2/c1-16(2)11-8-7-9-14-19(24)23(22-21(4,5)6)20(25)18-13-10-12-17(3)15-18/h10,12-13,15-16,22H,7-8,11H2,1-6H3. The topological polar surface area (TPSA) is 49.4 Å². The van der Waals surface area contributed by atoms with Gasteiger partial charge in [0.1, 0.15) is 0 Å². The Hall–Kier alpha value is -2.12. The van der Waals surface area contributed by atoms with E-state index in [-0.39, 0.29) is 5.91 Å². The minimum absolute atomic E-state index is 0.389. The number of nitrogens with one attached hydrogen (secondary N) is 1. The minimum Gasteiger partial charge on any atom is -0.267 e. The molecule has 0 atom stereocenters. The maximum Gasteiger partial charge on any atom is 0.319 e. The van der Waals surface area contributed by atoms with Crippen LogP contribution in [-0.2, 0) is 4.79 Å². The van der Waals surface area contributed by atoms with Crippen molar-refractivity contribution in [1.82, 2.24) is 10.4 Å². The first-order chi connectivity index (χ1) is 11.6. The van der Waals surface area contributed by atoms with Crippen molar-refractivity contribution in [3.63, 3.8) is 0 Å². The molecule has 0 aliphatic heterocycles. The second-order valence-corrected chi connectivity index (χ2v) is 7.76. The van der Waals surface area contributed by atoms with E-state index >= 15 is 0 Å². The van der Waals surface area contributed by atoms with Crippen molar-refractivity contribution in [3.8, 4) is 11.8 Å². The molecule has 4 heteroatoms. The van der Waals surface area contributed by atoms with Crippen LogP contribution in [0.2, 0.25) is 0 Å². The highest BCUT2D eigenvalue weighted by Crippen LogP contribution is 2.10. The van der Waals surface area contributed by atoms with E-state index in [2.05, 4.69) is 31.1 Å². The van der Waals surface area contributed by atoms with Gasteiger partial charge in [0.25, 0.3) is 5.91 Å². The molecule has 136 valence electrons. The van der Waals surface area contributed by atoms with E-state index in [1.807, 2.05) is 33.8 Å². The van der Waals surface area contributed by atoms with Crippen LogP contribution in [-0.4, -0.2) is 22.4 Å². The molecular formula is C21H30N2O2. The van der Waals surface area contributed by atoms with Crippen LogP contribution < -0.4 is 5.43 Å². The van der Waals surface area contributed by atoms with E-state index in [1.54, 1.807) is 18.2 Å². The summed E-state index contributed by atoms with van der Waals surface area (Å²) in [5.74, 6) is 5.20. The molecule has 2 amide bonds. The van der Waals surface area contributed by atoms with Gasteiger partial charge < -0.3 is 0 Å². The quantitative estimate of drug-likeness (QED) is 0.498. The Bertz CT molecular complexity index is 660. The number of carbonyl (C=O) groups excluding carboxylic acids is 2. The van der Waals surface area contributed by atoms with E-state index in [1.165, 1.54) is 0 Å². The third kappa shape index (κ3) is 8.00. The summed E-state index contributed by atoms with van der Waals surface area (Å²) < 4.78 is 0. The number of hydrogen-bond donors (Lipinski definition) is 1. The van der Waals surface area contributed by atoms with Crippen LogP contribution in [0, 0.1) is 24.7 Å². The Morgan fingerprint density at radius 1 is 1.24 bits per heavy atom. The minimum atomic E-state index is -0.522. The zero-order valence-corrected chi connectivity index (χ0v) is 16.3. The Kier molecular flexibility index (Phi) is 7.86. The Balaban J connectivity index is 2.91. The molecule has 0 radical (unpaired) electrons. The molecule has 4 nitrogen and oxygen atoms in total. The monoisotopic (exact) mass is 342 g/mol. The number of imide groups is 1. The van der Waals surface area contributed by atoms with Crippen molar-refractivity contribution in [2.45, 2.75) is 66.3 Å². The molecular weight excluding hydrogens is 312 g/mol. The van der Waals surface area contributed by atoms with Crippen molar-refractivity contribution < 1.29 is 9.59 Å². The van der Waals surface area contributed by atoms with Gasteiger partial charge in [-0.05, 0) is 58.1 Å². The zero-order valence-electron chi connectivity index (χ0n) is 16.3. The van der Waals surface area contributed by atoms with Crippen LogP contribution in [0.4, 0.5) is 0 Å². The number of hydrazine groups is 1. The normalized spacial score (nSPS) is 11.0. The predicted octanol–water partition coefficient (Wildman–Crippen LogP) is 4.10. The molecule has 1 aromatic rings. The lowest BCUT2D eigenvalue weighted by molar-refractivity contribution is -0.126. The predicted molar refractivity (Wildman–Crippen MR) is 102 cm³/mol. The molecule has 0 saturated heterocycles. The third-order valence-electron chi connectivity index (χ3n) is 3.40. The van der Waals surface area contributed by atoms with Gasteiger partial charge in [-0.1, -0.05) is 43.9 Å². The highest BCUT2D eigenvalue weighted by atomic mass is 16.2. The maximum atomic E-state index is 12.8. The Morgan fingerprint density at radius 3 is 2.48 bits per heavy atom. The van der Waals surface area contributed by atoms with Gasteiger partial charge in [-0.15, -0.1) is 0 Å². The average Bonchev–Trinajstić information content (AvgIpc) is 2.50. The fourth-order valence-electron chi connectivity index (χ4n) is 2.23. The molecule has 0 aliphatic carbocycles. The Morgan fingerprint density at radius 2 is 1.92 bits per heavy atom. The molecule has 0 spiro atoms. The van der Waals surface area contributed by atoms with Gasteiger partial charge in [0.15, 0.2) is 0 Å².